The molecule has 2 aromatic carbocycles. The van der Waals surface area contributed by atoms with Gasteiger partial charge in [-0.2, -0.15) is 0 Å². The summed E-state index contributed by atoms with van der Waals surface area (Å²) in [6, 6.07) is 13.1. The number of para-hydroxylation sites is 1. The number of ether oxygens (including phenoxy) is 1. The van der Waals surface area contributed by atoms with E-state index in [1.807, 2.05) is 24.3 Å². The molecule has 2 aliphatic rings. The van der Waals surface area contributed by atoms with Crippen LogP contribution in [0, 0.1) is 11.7 Å². The molecular weight excluding hydrogens is 365 g/mol. The van der Waals surface area contributed by atoms with Gasteiger partial charge < -0.3 is 9.30 Å². The van der Waals surface area contributed by atoms with Gasteiger partial charge in [0.2, 0.25) is 0 Å². The van der Waals surface area contributed by atoms with Gasteiger partial charge in [-0.25, -0.2) is 9.37 Å². The number of nitrogens with zero attached hydrogens (tertiary/aromatic N) is 3. The molecule has 1 saturated heterocycles. The first-order valence-corrected chi connectivity index (χ1v) is 10.8. The van der Waals surface area contributed by atoms with E-state index in [-0.39, 0.29) is 5.82 Å². The van der Waals surface area contributed by atoms with Crippen LogP contribution >= 0.6 is 0 Å². The number of aromatic nitrogens is 2. The lowest BCUT2D eigenvalue weighted by atomic mass is 9.91. The van der Waals surface area contributed by atoms with Crippen molar-refractivity contribution < 1.29 is 9.13 Å². The van der Waals surface area contributed by atoms with E-state index in [1.165, 1.54) is 37.1 Å². The summed E-state index contributed by atoms with van der Waals surface area (Å²) in [5.41, 5.74) is 3.45. The van der Waals surface area contributed by atoms with Gasteiger partial charge in [-0.05, 0) is 74.5 Å². The number of imidazole rings is 1. The molecule has 5 rings (SSSR count). The van der Waals surface area contributed by atoms with Crippen molar-refractivity contribution in [1.29, 1.82) is 0 Å². The van der Waals surface area contributed by atoms with Gasteiger partial charge in [0, 0.05) is 0 Å². The number of likely N-dealkylation sites (tertiary alicyclic amines) is 1. The number of hydrogen-bond acceptors (Lipinski definition) is 3. The topological polar surface area (TPSA) is 30.3 Å². The second-order valence-electron chi connectivity index (χ2n) is 8.39. The maximum absolute atomic E-state index is 13.0. The van der Waals surface area contributed by atoms with Crippen molar-refractivity contribution in [1.82, 2.24) is 14.5 Å². The second-order valence-corrected chi connectivity index (χ2v) is 8.39. The smallest absolute Gasteiger partial charge is 0.145 e. The van der Waals surface area contributed by atoms with Crippen LogP contribution in [0.15, 0.2) is 42.5 Å². The highest BCUT2D eigenvalue weighted by Crippen LogP contribution is 2.31. The zero-order chi connectivity index (χ0) is 19.6. The van der Waals surface area contributed by atoms with Crippen molar-refractivity contribution in [3.8, 4) is 5.75 Å². The van der Waals surface area contributed by atoms with Crippen LogP contribution in [-0.4, -0.2) is 34.1 Å². The predicted molar refractivity (Wildman–Crippen MR) is 113 cm³/mol. The zero-order valence-electron chi connectivity index (χ0n) is 16.8. The van der Waals surface area contributed by atoms with Crippen LogP contribution < -0.4 is 4.74 Å². The number of halogens is 1. The highest BCUT2D eigenvalue weighted by atomic mass is 19.1. The Hall–Kier alpha value is -2.40. The van der Waals surface area contributed by atoms with Gasteiger partial charge in [0.25, 0.3) is 0 Å². The third-order valence-electron chi connectivity index (χ3n) is 6.44. The summed E-state index contributed by atoms with van der Waals surface area (Å²) >= 11 is 0. The summed E-state index contributed by atoms with van der Waals surface area (Å²) < 4.78 is 21.2. The van der Waals surface area contributed by atoms with Gasteiger partial charge in [-0.3, -0.25) is 4.90 Å². The molecule has 1 aromatic heterocycles. The molecule has 0 amide bonds. The first-order valence-electron chi connectivity index (χ1n) is 10.8. The largest absolute Gasteiger partial charge is 0.489 e. The fourth-order valence-electron chi connectivity index (χ4n) is 4.80. The lowest BCUT2D eigenvalue weighted by molar-refractivity contribution is 0.165. The molecule has 0 saturated carbocycles. The second kappa shape index (κ2) is 8.15. The van der Waals surface area contributed by atoms with Crippen molar-refractivity contribution >= 4 is 11.0 Å². The van der Waals surface area contributed by atoms with E-state index >= 15 is 0 Å². The Morgan fingerprint density at radius 1 is 1.03 bits per heavy atom. The third-order valence-corrected chi connectivity index (χ3v) is 6.44. The monoisotopic (exact) mass is 393 g/mol. The van der Waals surface area contributed by atoms with Crippen LogP contribution in [0.4, 0.5) is 4.39 Å². The maximum Gasteiger partial charge on any atom is 0.145 e. The molecule has 2 aliphatic heterocycles. The van der Waals surface area contributed by atoms with E-state index in [2.05, 4.69) is 15.5 Å². The summed E-state index contributed by atoms with van der Waals surface area (Å²) in [5.74, 6) is 2.80. The van der Waals surface area contributed by atoms with Crippen LogP contribution in [-0.2, 0) is 19.5 Å². The van der Waals surface area contributed by atoms with Crippen molar-refractivity contribution in [2.45, 2.75) is 45.2 Å². The fraction of sp³-hybridized carbons (Fsp3) is 0.458. The van der Waals surface area contributed by atoms with Crippen LogP contribution in [0.3, 0.4) is 0 Å². The molecular formula is C24H28FN3O. The summed E-state index contributed by atoms with van der Waals surface area (Å²) in [7, 11) is 0. The van der Waals surface area contributed by atoms with Crippen LogP contribution in [0.25, 0.3) is 11.0 Å². The molecule has 0 radical (unpaired) electrons. The van der Waals surface area contributed by atoms with Crippen molar-refractivity contribution in [3.05, 3.63) is 59.7 Å². The van der Waals surface area contributed by atoms with Gasteiger partial charge in [0.1, 0.15) is 29.5 Å². The molecule has 5 heteroatoms. The molecule has 0 aliphatic carbocycles. The molecule has 4 nitrogen and oxygen atoms in total. The summed E-state index contributed by atoms with van der Waals surface area (Å²) in [6.07, 6.45) is 6.03. The Balaban J connectivity index is 1.13. The average Bonchev–Trinajstić information content (AvgIpc) is 3.10. The minimum Gasteiger partial charge on any atom is -0.489 e. The molecule has 3 aromatic rings. The van der Waals surface area contributed by atoms with E-state index in [0.717, 1.165) is 61.9 Å². The number of piperidine rings is 1. The van der Waals surface area contributed by atoms with Crippen molar-refractivity contribution in [2.75, 3.05) is 19.7 Å². The Bertz CT molecular complexity index is 974. The van der Waals surface area contributed by atoms with Crippen LogP contribution in [0.2, 0.25) is 0 Å². The molecule has 0 bridgehead atoms. The number of hydrogen-bond donors (Lipinski definition) is 0. The highest BCUT2D eigenvalue weighted by molar-refractivity contribution is 5.83. The zero-order valence-corrected chi connectivity index (χ0v) is 16.8. The van der Waals surface area contributed by atoms with E-state index in [9.17, 15) is 4.39 Å². The Morgan fingerprint density at radius 3 is 2.69 bits per heavy atom. The molecule has 29 heavy (non-hydrogen) atoms. The van der Waals surface area contributed by atoms with Crippen molar-refractivity contribution in [2.24, 2.45) is 5.92 Å². The van der Waals surface area contributed by atoms with Crippen molar-refractivity contribution in [3.63, 3.8) is 0 Å². The quantitative estimate of drug-likeness (QED) is 0.602. The lowest BCUT2D eigenvalue weighted by Gasteiger charge is -2.32. The summed E-state index contributed by atoms with van der Waals surface area (Å²) in [6.45, 7) is 4.84. The molecule has 0 spiro atoms. The first-order chi connectivity index (χ1) is 14.3. The number of benzene rings is 2. The van der Waals surface area contributed by atoms with Gasteiger partial charge in [0.15, 0.2) is 0 Å². The minimum atomic E-state index is -0.149. The van der Waals surface area contributed by atoms with Gasteiger partial charge in [-0.15, -0.1) is 0 Å². The first kappa shape index (κ1) is 18.6. The number of rotatable bonds is 6. The summed E-state index contributed by atoms with van der Waals surface area (Å²) in [4.78, 5) is 7.45. The van der Waals surface area contributed by atoms with Gasteiger partial charge in [0.05, 0.1) is 18.6 Å². The van der Waals surface area contributed by atoms with E-state index < -0.39 is 0 Å². The standard InChI is InChI=1S/C24H28FN3O/c25-20-9-7-18(8-10-20)3-1-4-19-11-13-27(14-12-19)17-23-26-21-5-2-6-22-24(21)28(23)15-16-29-22/h2,5-10,19H,1,3-4,11-17H2. The van der Waals surface area contributed by atoms with Crippen LogP contribution in [0.1, 0.15) is 37.1 Å². The minimum absolute atomic E-state index is 0.149. The Morgan fingerprint density at radius 2 is 1.86 bits per heavy atom. The Labute approximate surface area is 171 Å². The van der Waals surface area contributed by atoms with E-state index in [1.54, 1.807) is 12.1 Å². The fourth-order valence-corrected chi connectivity index (χ4v) is 4.80. The average molecular weight is 394 g/mol. The van der Waals surface area contributed by atoms with Gasteiger partial charge >= 0.3 is 0 Å². The van der Waals surface area contributed by atoms with Gasteiger partial charge in [-0.1, -0.05) is 24.6 Å². The lowest BCUT2D eigenvalue weighted by Crippen LogP contribution is -2.34. The molecule has 0 N–H and O–H groups in total. The SMILES string of the molecule is Fc1ccc(CCCC2CCN(Cc3nc4cccc5c4n3CCO5)CC2)cc1. The predicted octanol–water partition coefficient (Wildman–Crippen LogP) is 4.80. The molecule has 1 fully saturated rings. The molecule has 3 heterocycles. The molecule has 0 atom stereocenters. The Kier molecular flexibility index (Phi) is 5.23. The van der Waals surface area contributed by atoms with E-state index in [4.69, 9.17) is 9.72 Å². The number of aryl methyl sites for hydroxylation is 1. The maximum atomic E-state index is 13.0. The van der Waals surface area contributed by atoms with Crippen LogP contribution in [0.5, 0.6) is 5.75 Å². The highest BCUT2D eigenvalue weighted by Gasteiger charge is 2.23. The third kappa shape index (κ3) is 4.01. The van der Waals surface area contributed by atoms with E-state index in [0.29, 0.717) is 0 Å². The molecule has 152 valence electrons. The summed E-state index contributed by atoms with van der Waals surface area (Å²) in [5, 5.41) is 0. The molecule has 0 unspecified atom stereocenters. The normalized spacial score (nSPS) is 17.6.